The molecule has 1 aromatic carbocycles. The van der Waals surface area contributed by atoms with E-state index >= 15 is 0 Å². The number of nitrogens with two attached hydrogens (primary N) is 1. The lowest BCUT2D eigenvalue weighted by Gasteiger charge is -2.32. The van der Waals surface area contributed by atoms with E-state index in [1.165, 1.54) is 7.05 Å². The van der Waals surface area contributed by atoms with Crippen molar-refractivity contribution in [3.05, 3.63) is 35.9 Å². The van der Waals surface area contributed by atoms with E-state index in [4.69, 9.17) is 5.73 Å². The van der Waals surface area contributed by atoms with Crippen molar-refractivity contribution in [2.45, 2.75) is 18.1 Å². The van der Waals surface area contributed by atoms with Crippen LogP contribution in [0.3, 0.4) is 0 Å². The fraction of sp³-hybridized carbons (Fsp3) is 0.500. The molecule has 7 heteroatoms. The van der Waals surface area contributed by atoms with E-state index in [2.05, 4.69) is 5.32 Å². The van der Waals surface area contributed by atoms with E-state index in [1.54, 1.807) is 37.4 Å². The van der Waals surface area contributed by atoms with E-state index in [-0.39, 0.29) is 13.0 Å². The van der Waals surface area contributed by atoms with Gasteiger partial charge in [-0.3, -0.25) is 9.69 Å². The molecule has 1 rings (SSSR count). The largest absolute Gasteiger partial charge is 0.401 e. The van der Waals surface area contributed by atoms with Gasteiger partial charge >= 0.3 is 6.18 Å². The third kappa shape index (κ3) is 4.71. The third-order valence-corrected chi connectivity index (χ3v) is 3.43. The van der Waals surface area contributed by atoms with Gasteiger partial charge in [-0.1, -0.05) is 30.3 Å². The first-order chi connectivity index (χ1) is 9.71. The number of alkyl halides is 3. The molecule has 0 saturated carbocycles. The number of hydrogen-bond donors (Lipinski definition) is 2. The number of likely N-dealkylation sites (N-methyl/N-ethyl adjacent to an activating group) is 1. The number of rotatable bonds is 7. The van der Waals surface area contributed by atoms with E-state index in [9.17, 15) is 18.0 Å². The first kappa shape index (κ1) is 17.5. The number of hydrogen-bond acceptors (Lipinski definition) is 3. The molecular weight excluding hydrogens is 283 g/mol. The van der Waals surface area contributed by atoms with E-state index in [0.29, 0.717) is 5.56 Å². The van der Waals surface area contributed by atoms with Crippen molar-refractivity contribution in [3.8, 4) is 0 Å². The molecule has 3 N–H and O–H groups in total. The average Bonchev–Trinajstić information content (AvgIpc) is 2.39. The van der Waals surface area contributed by atoms with E-state index in [1.807, 2.05) is 0 Å². The van der Waals surface area contributed by atoms with Gasteiger partial charge in [0.25, 0.3) is 0 Å². The predicted molar refractivity (Wildman–Crippen MR) is 74.5 cm³/mol. The molecule has 0 heterocycles. The Labute approximate surface area is 122 Å². The van der Waals surface area contributed by atoms with Gasteiger partial charge in [0.05, 0.1) is 6.54 Å². The molecule has 0 aromatic heterocycles. The zero-order chi connectivity index (χ0) is 16.1. The lowest BCUT2D eigenvalue weighted by atomic mass is 9.85. The minimum Gasteiger partial charge on any atom is -0.368 e. The van der Waals surface area contributed by atoms with E-state index in [0.717, 1.165) is 4.90 Å². The Morgan fingerprint density at radius 3 is 2.29 bits per heavy atom. The van der Waals surface area contributed by atoms with Crippen LogP contribution in [0.5, 0.6) is 0 Å². The Morgan fingerprint density at radius 2 is 1.86 bits per heavy atom. The van der Waals surface area contributed by atoms with Gasteiger partial charge in [0, 0.05) is 6.54 Å². The predicted octanol–water partition coefficient (Wildman–Crippen LogP) is 1.47. The van der Waals surface area contributed by atoms with Crippen molar-refractivity contribution in [2.75, 3.05) is 27.2 Å². The van der Waals surface area contributed by atoms with Crippen LogP contribution in [0.1, 0.15) is 12.0 Å². The quantitative estimate of drug-likeness (QED) is 0.802. The number of nitrogens with one attached hydrogen (secondary N) is 1. The van der Waals surface area contributed by atoms with Crippen LogP contribution in [-0.2, 0) is 10.3 Å². The molecular formula is C14H20F3N3O. The van der Waals surface area contributed by atoms with Crippen molar-refractivity contribution in [1.29, 1.82) is 0 Å². The topological polar surface area (TPSA) is 58.4 Å². The molecule has 0 fully saturated rings. The maximum absolute atomic E-state index is 12.3. The van der Waals surface area contributed by atoms with Gasteiger partial charge in [-0.15, -0.1) is 0 Å². The Kier molecular flexibility index (Phi) is 5.74. The second kappa shape index (κ2) is 6.91. The molecule has 118 valence electrons. The second-order valence-electron chi connectivity index (χ2n) is 4.99. The average molecular weight is 303 g/mol. The summed E-state index contributed by atoms with van der Waals surface area (Å²) in [6, 6.07) is 8.75. The van der Waals surface area contributed by atoms with E-state index < -0.39 is 24.2 Å². The Morgan fingerprint density at radius 1 is 1.29 bits per heavy atom. The highest BCUT2D eigenvalue weighted by Gasteiger charge is 2.37. The Balaban J connectivity index is 2.88. The first-order valence-electron chi connectivity index (χ1n) is 6.51. The van der Waals surface area contributed by atoms with Crippen LogP contribution in [0.15, 0.2) is 30.3 Å². The van der Waals surface area contributed by atoms with Crippen LogP contribution in [0.25, 0.3) is 0 Å². The van der Waals surface area contributed by atoms with Crippen LogP contribution in [0, 0.1) is 0 Å². The van der Waals surface area contributed by atoms with Crippen LogP contribution in [0.4, 0.5) is 13.2 Å². The summed E-state index contributed by atoms with van der Waals surface area (Å²) >= 11 is 0. The van der Waals surface area contributed by atoms with Gasteiger partial charge < -0.3 is 11.1 Å². The highest BCUT2D eigenvalue weighted by molar-refractivity contribution is 5.86. The molecule has 0 aliphatic rings. The monoisotopic (exact) mass is 303 g/mol. The summed E-state index contributed by atoms with van der Waals surface area (Å²) < 4.78 is 37.0. The van der Waals surface area contributed by atoms with Crippen LogP contribution >= 0.6 is 0 Å². The van der Waals surface area contributed by atoms with Crippen LogP contribution in [0.2, 0.25) is 0 Å². The number of amides is 1. The molecule has 0 radical (unpaired) electrons. The van der Waals surface area contributed by atoms with Gasteiger partial charge in [-0.25, -0.2) is 0 Å². The fourth-order valence-corrected chi connectivity index (χ4v) is 2.27. The van der Waals surface area contributed by atoms with Crippen molar-refractivity contribution in [2.24, 2.45) is 5.73 Å². The molecule has 0 saturated heterocycles. The summed E-state index contributed by atoms with van der Waals surface area (Å²) in [5.74, 6) is -0.614. The minimum absolute atomic E-state index is 0.0815. The summed E-state index contributed by atoms with van der Waals surface area (Å²) in [6.45, 7) is -0.946. The maximum atomic E-state index is 12.3. The molecule has 1 amide bonds. The molecule has 0 aliphatic heterocycles. The number of benzene rings is 1. The molecule has 0 spiro atoms. The highest BCUT2D eigenvalue weighted by Crippen LogP contribution is 2.25. The van der Waals surface area contributed by atoms with Gasteiger partial charge in [-0.05, 0) is 26.1 Å². The summed E-state index contributed by atoms with van der Waals surface area (Å²) in [7, 11) is 2.93. The zero-order valence-electron chi connectivity index (χ0n) is 12.1. The van der Waals surface area contributed by atoms with Crippen molar-refractivity contribution >= 4 is 5.91 Å². The molecule has 1 unspecified atom stereocenters. The summed E-state index contributed by atoms with van der Waals surface area (Å²) in [6.07, 6.45) is -4.12. The SMILES string of the molecule is CNC(CCN(C)CC(F)(F)F)(C(N)=O)c1ccccc1. The summed E-state index contributed by atoms with van der Waals surface area (Å²) in [4.78, 5) is 13.0. The van der Waals surface area contributed by atoms with Crippen molar-refractivity contribution in [1.82, 2.24) is 10.2 Å². The molecule has 1 atom stereocenters. The minimum atomic E-state index is -4.27. The van der Waals surface area contributed by atoms with Gasteiger partial charge in [0.2, 0.25) is 5.91 Å². The summed E-state index contributed by atoms with van der Waals surface area (Å²) in [5.41, 5.74) is 4.95. The molecule has 21 heavy (non-hydrogen) atoms. The van der Waals surface area contributed by atoms with Crippen molar-refractivity contribution in [3.63, 3.8) is 0 Å². The molecule has 4 nitrogen and oxygen atoms in total. The highest BCUT2D eigenvalue weighted by atomic mass is 19.4. The van der Waals surface area contributed by atoms with Crippen molar-refractivity contribution < 1.29 is 18.0 Å². The number of primary amides is 1. The Hall–Kier alpha value is -1.60. The number of nitrogens with zero attached hydrogens (tertiary/aromatic N) is 1. The van der Waals surface area contributed by atoms with Gasteiger partial charge in [-0.2, -0.15) is 13.2 Å². The van der Waals surface area contributed by atoms with Gasteiger partial charge in [0.1, 0.15) is 5.54 Å². The normalized spacial score (nSPS) is 15.0. The summed E-state index contributed by atoms with van der Waals surface area (Å²) in [5, 5.41) is 2.87. The number of halogens is 3. The molecule has 1 aromatic rings. The van der Waals surface area contributed by atoms with Crippen LogP contribution in [-0.4, -0.2) is 44.2 Å². The fourth-order valence-electron chi connectivity index (χ4n) is 2.27. The number of carbonyl (C=O) groups is 1. The Bertz CT molecular complexity index is 464. The zero-order valence-corrected chi connectivity index (χ0v) is 12.1. The lowest BCUT2D eigenvalue weighted by molar-refractivity contribution is -0.143. The molecule has 0 bridgehead atoms. The maximum Gasteiger partial charge on any atom is 0.401 e. The standard InChI is InChI=1S/C14H20F3N3O/c1-19-13(12(18)21,11-6-4-3-5-7-11)8-9-20(2)10-14(15,16)17/h3-7,19H,8-10H2,1-2H3,(H2,18,21). The second-order valence-corrected chi connectivity index (χ2v) is 4.99. The smallest absolute Gasteiger partial charge is 0.368 e. The first-order valence-corrected chi connectivity index (χ1v) is 6.51. The van der Waals surface area contributed by atoms with Crippen LogP contribution < -0.4 is 11.1 Å². The van der Waals surface area contributed by atoms with Gasteiger partial charge in [0.15, 0.2) is 0 Å². The lowest BCUT2D eigenvalue weighted by Crippen LogP contribution is -2.53. The third-order valence-electron chi connectivity index (χ3n) is 3.43. The molecule has 0 aliphatic carbocycles. The number of carbonyl (C=O) groups excluding carboxylic acids is 1.